The van der Waals surface area contributed by atoms with Gasteiger partial charge in [0.1, 0.15) is 0 Å². The van der Waals surface area contributed by atoms with Gasteiger partial charge in [-0.25, -0.2) is 4.79 Å². The Bertz CT molecular complexity index is 600. The summed E-state index contributed by atoms with van der Waals surface area (Å²) in [7, 11) is -3.96. The van der Waals surface area contributed by atoms with Crippen molar-refractivity contribution in [2.45, 2.75) is 12.8 Å². The SMILES string of the molecule is O=C(OCCCCS(=O)(=O)O)c1cc(Br)cc(Br)c1Br. The van der Waals surface area contributed by atoms with Crippen LogP contribution in [0.1, 0.15) is 23.2 Å². The predicted octanol–water partition coefficient (Wildman–Crippen LogP) is 3.80. The summed E-state index contributed by atoms with van der Waals surface area (Å²) in [6, 6.07) is 3.41. The van der Waals surface area contributed by atoms with Crippen molar-refractivity contribution in [3.8, 4) is 0 Å². The number of hydrogen-bond acceptors (Lipinski definition) is 4. The molecule has 0 atom stereocenters. The van der Waals surface area contributed by atoms with Crippen LogP contribution >= 0.6 is 47.8 Å². The Labute approximate surface area is 142 Å². The molecule has 0 fully saturated rings. The molecule has 1 aromatic rings. The van der Waals surface area contributed by atoms with Crippen molar-refractivity contribution in [2.75, 3.05) is 12.4 Å². The second-order valence-electron chi connectivity index (χ2n) is 3.88. The van der Waals surface area contributed by atoms with E-state index in [1.807, 2.05) is 0 Å². The maximum atomic E-state index is 11.9. The molecule has 1 rings (SSSR count). The van der Waals surface area contributed by atoms with Gasteiger partial charge in [0.25, 0.3) is 10.1 Å². The highest BCUT2D eigenvalue weighted by molar-refractivity contribution is 9.13. The molecule has 0 saturated heterocycles. The molecule has 0 bridgehead atoms. The van der Waals surface area contributed by atoms with E-state index in [9.17, 15) is 13.2 Å². The number of ether oxygens (including phenoxy) is 1. The topological polar surface area (TPSA) is 80.7 Å². The molecule has 112 valence electrons. The van der Waals surface area contributed by atoms with Gasteiger partial charge >= 0.3 is 5.97 Å². The van der Waals surface area contributed by atoms with Crippen molar-refractivity contribution in [1.82, 2.24) is 0 Å². The van der Waals surface area contributed by atoms with Gasteiger partial charge in [-0.2, -0.15) is 8.42 Å². The highest BCUT2D eigenvalue weighted by Crippen LogP contribution is 2.31. The van der Waals surface area contributed by atoms with Gasteiger partial charge in [-0.15, -0.1) is 0 Å². The predicted molar refractivity (Wildman–Crippen MR) is 85.5 cm³/mol. The fourth-order valence-corrected chi connectivity index (χ4v) is 3.52. The van der Waals surface area contributed by atoms with Gasteiger partial charge in [-0.3, -0.25) is 4.55 Å². The Morgan fingerprint density at radius 3 is 2.45 bits per heavy atom. The van der Waals surface area contributed by atoms with Crippen LogP contribution in [-0.4, -0.2) is 31.3 Å². The molecule has 0 amide bonds. The molecule has 0 saturated carbocycles. The van der Waals surface area contributed by atoms with Crippen molar-refractivity contribution < 1.29 is 22.5 Å². The molecule has 0 aromatic heterocycles. The van der Waals surface area contributed by atoms with Crippen LogP contribution in [0.4, 0.5) is 0 Å². The Morgan fingerprint density at radius 2 is 1.85 bits per heavy atom. The van der Waals surface area contributed by atoms with E-state index in [0.29, 0.717) is 20.9 Å². The van der Waals surface area contributed by atoms with Gasteiger partial charge in [0, 0.05) is 13.4 Å². The molecule has 0 unspecified atom stereocenters. The van der Waals surface area contributed by atoms with E-state index >= 15 is 0 Å². The van der Waals surface area contributed by atoms with Crippen molar-refractivity contribution in [3.63, 3.8) is 0 Å². The number of unbranched alkanes of at least 4 members (excludes halogenated alkanes) is 1. The van der Waals surface area contributed by atoms with E-state index in [1.54, 1.807) is 12.1 Å². The molecule has 1 aromatic carbocycles. The zero-order valence-electron chi connectivity index (χ0n) is 10.1. The minimum absolute atomic E-state index is 0.0882. The van der Waals surface area contributed by atoms with E-state index in [1.165, 1.54) is 0 Å². The average molecular weight is 495 g/mol. The zero-order chi connectivity index (χ0) is 15.3. The number of rotatable bonds is 6. The number of benzene rings is 1. The first kappa shape index (κ1) is 18.1. The lowest BCUT2D eigenvalue weighted by Gasteiger charge is -2.08. The number of carbonyl (C=O) groups is 1. The third-order valence-corrected chi connectivity index (χ3v) is 5.52. The second kappa shape index (κ2) is 7.88. The normalized spacial score (nSPS) is 11.4. The molecule has 0 spiro atoms. The highest BCUT2D eigenvalue weighted by atomic mass is 79.9. The fourth-order valence-electron chi connectivity index (χ4n) is 1.33. The van der Waals surface area contributed by atoms with Gasteiger partial charge in [0.05, 0.1) is 17.9 Å². The van der Waals surface area contributed by atoms with Gasteiger partial charge in [0.2, 0.25) is 0 Å². The number of esters is 1. The van der Waals surface area contributed by atoms with E-state index in [0.717, 1.165) is 4.47 Å². The summed E-state index contributed by atoms with van der Waals surface area (Å²) in [6.07, 6.45) is 0.591. The largest absolute Gasteiger partial charge is 0.462 e. The molecule has 0 heterocycles. The quantitative estimate of drug-likeness (QED) is 0.281. The summed E-state index contributed by atoms with van der Waals surface area (Å²) in [4.78, 5) is 11.9. The molecule has 0 aliphatic carbocycles. The van der Waals surface area contributed by atoms with Crippen LogP contribution in [0.15, 0.2) is 25.6 Å². The summed E-state index contributed by atoms with van der Waals surface area (Å²) in [5.74, 6) is -0.845. The Balaban J connectivity index is 2.52. The number of hydrogen-bond donors (Lipinski definition) is 1. The third kappa shape index (κ3) is 6.21. The molecule has 5 nitrogen and oxygen atoms in total. The maximum absolute atomic E-state index is 11.9. The van der Waals surface area contributed by atoms with E-state index in [-0.39, 0.29) is 18.8 Å². The van der Waals surface area contributed by atoms with E-state index < -0.39 is 16.1 Å². The number of carbonyl (C=O) groups excluding carboxylic acids is 1. The highest BCUT2D eigenvalue weighted by Gasteiger charge is 2.15. The van der Waals surface area contributed by atoms with Gasteiger partial charge < -0.3 is 4.74 Å². The Kier molecular flexibility index (Phi) is 7.13. The minimum Gasteiger partial charge on any atom is -0.462 e. The van der Waals surface area contributed by atoms with Crippen molar-refractivity contribution in [1.29, 1.82) is 0 Å². The van der Waals surface area contributed by atoms with Crippen molar-refractivity contribution >= 4 is 63.9 Å². The summed E-state index contributed by atoms with van der Waals surface area (Å²) < 4.78 is 36.6. The van der Waals surface area contributed by atoms with Crippen LogP contribution in [0.3, 0.4) is 0 Å². The third-order valence-electron chi connectivity index (χ3n) is 2.24. The Morgan fingerprint density at radius 1 is 1.20 bits per heavy atom. The summed E-state index contributed by atoms with van der Waals surface area (Å²) in [5.41, 5.74) is 0.362. The van der Waals surface area contributed by atoms with Crippen LogP contribution in [-0.2, 0) is 14.9 Å². The van der Waals surface area contributed by atoms with Crippen molar-refractivity contribution in [3.05, 3.63) is 31.1 Å². The standard InChI is InChI=1S/C11H11Br3O5S/c12-7-5-8(10(14)9(13)6-7)11(15)19-3-1-2-4-20(16,17)18/h5-6H,1-4H2,(H,16,17,18). The lowest BCUT2D eigenvalue weighted by molar-refractivity contribution is 0.0498. The first-order valence-electron chi connectivity index (χ1n) is 5.47. The molecule has 0 aliphatic rings. The summed E-state index contributed by atoms with van der Waals surface area (Å²) in [6.45, 7) is 0.0882. The first-order chi connectivity index (χ1) is 9.20. The molecular formula is C11H11Br3O5S. The molecule has 0 aliphatic heterocycles. The average Bonchev–Trinajstić information content (AvgIpc) is 2.31. The monoisotopic (exact) mass is 492 g/mol. The van der Waals surface area contributed by atoms with E-state index in [2.05, 4.69) is 47.8 Å². The van der Waals surface area contributed by atoms with Gasteiger partial charge in [-0.1, -0.05) is 15.9 Å². The molecule has 20 heavy (non-hydrogen) atoms. The van der Waals surface area contributed by atoms with Crippen LogP contribution in [0, 0.1) is 0 Å². The van der Waals surface area contributed by atoms with Crippen LogP contribution in [0.5, 0.6) is 0 Å². The zero-order valence-corrected chi connectivity index (χ0v) is 15.7. The minimum atomic E-state index is -3.96. The number of halogens is 3. The van der Waals surface area contributed by atoms with Gasteiger partial charge in [0.15, 0.2) is 0 Å². The lowest BCUT2D eigenvalue weighted by Crippen LogP contribution is -2.09. The molecular weight excluding hydrogens is 484 g/mol. The second-order valence-corrected chi connectivity index (χ2v) is 8.01. The van der Waals surface area contributed by atoms with Gasteiger partial charge in [-0.05, 0) is 56.8 Å². The lowest BCUT2D eigenvalue weighted by atomic mass is 10.2. The molecule has 9 heteroatoms. The maximum Gasteiger partial charge on any atom is 0.339 e. The van der Waals surface area contributed by atoms with Crippen LogP contribution in [0.25, 0.3) is 0 Å². The smallest absolute Gasteiger partial charge is 0.339 e. The van der Waals surface area contributed by atoms with Crippen molar-refractivity contribution in [2.24, 2.45) is 0 Å². The summed E-state index contributed by atoms with van der Waals surface area (Å²) >= 11 is 9.86. The first-order valence-corrected chi connectivity index (χ1v) is 9.46. The van der Waals surface area contributed by atoms with E-state index in [4.69, 9.17) is 9.29 Å². The Hall–Kier alpha value is 0.0400. The molecule has 0 radical (unpaired) electrons. The molecule has 1 N–H and O–H groups in total. The van der Waals surface area contributed by atoms with Crippen LogP contribution < -0.4 is 0 Å². The fraction of sp³-hybridized carbons (Fsp3) is 0.364. The van der Waals surface area contributed by atoms with Crippen LogP contribution in [0.2, 0.25) is 0 Å². The summed E-state index contributed by atoms with van der Waals surface area (Å²) in [5, 5.41) is 0.